The number of rotatable bonds is 0. The Bertz CT molecular complexity index is 855. The van der Waals surface area contributed by atoms with Crippen LogP contribution in [-0.2, 0) is 18.1 Å². The van der Waals surface area contributed by atoms with Crippen molar-refractivity contribution in [2.24, 2.45) is 0 Å². The van der Waals surface area contributed by atoms with Crippen LogP contribution in [-0.4, -0.2) is 71.8 Å². The summed E-state index contributed by atoms with van der Waals surface area (Å²) in [5.74, 6) is 0. The predicted molar refractivity (Wildman–Crippen MR) is 76.5 cm³/mol. The molecule has 4 nitrogen and oxygen atoms in total. The van der Waals surface area contributed by atoms with Crippen LogP contribution in [0.15, 0.2) is 0 Å². The van der Waals surface area contributed by atoms with Crippen molar-refractivity contribution in [2.75, 3.05) is 0 Å². The van der Waals surface area contributed by atoms with Gasteiger partial charge in [-0.2, -0.15) is 0 Å². The predicted octanol–water partition coefficient (Wildman–Crippen LogP) is 8.90. The average molecular weight is 731 g/mol. The standard InChI is InChI=1S/C12ClF24O4P/c13-42(38-1(5(14,15)16,6(17,18)19)2(39-42,7(20,21)22)8(23,24)25)40-3(9(26,27)28,10(29,30)31)4(41-42,11(32,33)34)12(35,36)37. The second kappa shape index (κ2) is 8.37. The summed E-state index contributed by atoms with van der Waals surface area (Å²) >= 11 is 4.29. The Morgan fingerprint density at radius 3 is 0.452 bits per heavy atom. The van der Waals surface area contributed by atoms with Crippen molar-refractivity contribution in [1.82, 2.24) is 0 Å². The van der Waals surface area contributed by atoms with Gasteiger partial charge in [-0.15, -0.1) is 0 Å². The second-order valence-corrected chi connectivity index (χ2v) is 11.6. The van der Waals surface area contributed by atoms with E-state index in [-0.39, 0.29) is 0 Å². The monoisotopic (exact) mass is 730 g/mol. The molecule has 0 aromatic rings. The third kappa shape index (κ3) is 4.08. The maximum atomic E-state index is 13.6. The molecule has 2 heterocycles. The van der Waals surface area contributed by atoms with Crippen molar-refractivity contribution in [3.05, 3.63) is 0 Å². The Hall–Kier alpha value is -1.12. The van der Waals surface area contributed by atoms with Crippen LogP contribution in [0.4, 0.5) is 105 Å². The van der Waals surface area contributed by atoms with Gasteiger partial charge in [-0.1, -0.05) is 0 Å². The van der Waals surface area contributed by atoms with E-state index in [0.717, 1.165) is 0 Å². The molecule has 0 aromatic heterocycles. The van der Waals surface area contributed by atoms with E-state index in [1.54, 1.807) is 0 Å². The summed E-state index contributed by atoms with van der Waals surface area (Å²) < 4.78 is 336. The summed E-state index contributed by atoms with van der Waals surface area (Å²) in [5.41, 5.74) is -34.6. The van der Waals surface area contributed by atoms with E-state index < -0.39 is 78.7 Å². The molecule has 0 aliphatic carbocycles. The minimum atomic E-state index is -10.7. The average Bonchev–Trinajstić information content (AvgIpc) is 3.06. The third-order valence-corrected chi connectivity index (χ3v) is 8.41. The molecule has 1 spiro atoms. The van der Waals surface area contributed by atoms with Gasteiger partial charge in [0.25, 0.3) is 0 Å². The molecule has 2 saturated heterocycles. The molecule has 30 heteroatoms. The van der Waals surface area contributed by atoms with Crippen LogP contribution in [0, 0.1) is 0 Å². The molecule has 2 aliphatic heterocycles. The molecule has 2 rings (SSSR count). The van der Waals surface area contributed by atoms with Crippen molar-refractivity contribution in [3.63, 3.8) is 0 Å². The van der Waals surface area contributed by atoms with Gasteiger partial charge >= 0.3 is 213 Å². The number of hydrogen-bond acceptors (Lipinski definition) is 4. The van der Waals surface area contributed by atoms with E-state index in [9.17, 15) is 105 Å². The summed E-state index contributed by atoms with van der Waals surface area (Å²) in [5, 5.41) is 0. The van der Waals surface area contributed by atoms with Crippen LogP contribution >= 0.6 is 18.1 Å². The summed E-state index contributed by atoms with van der Waals surface area (Å²) in [4.78, 5) is 0. The Labute approximate surface area is 214 Å². The molecule has 0 unspecified atom stereocenters. The van der Waals surface area contributed by atoms with Crippen LogP contribution in [0.3, 0.4) is 0 Å². The molecular weight excluding hydrogens is 731 g/mol. The molecule has 0 radical (unpaired) electrons. The molecule has 0 saturated carbocycles. The van der Waals surface area contributed by atoms with Gasteiger partial charge in [-0.05, 0) is 0 Å². The van der Waals surface area contributed by atoms with E-state index in [1.807, 2.05) is 0 Å². The van der Waals surface area contributed by atoms with Gasteiger partial charge in [-0.3, -0.25) is 0 Å². The van der Waals surface area contributed by atoms with Crippen LogP contribution in [0.5, 0.6) is 0 Å². The van der Waals surface area contributed by atoms with Crippen LogP contribution in [0.1, 0.15) is 0 Å². The van der Waals surface area contributed by atoms with E-state index in [2.05, 4.69) is 29.3 Å². The molecule has 2 aliphatic rings. The maximum absolute atomic E-state index is 13.6. The number of hydrogen-bond donors (Lipinski definition) is 0. The Morgan fingerprint density at radius 2 is 0.381 bits per heavy atom. The van der Waals surface area contributed by atoms with Crippen molar-refractivity contribution >= 4 is 18.1 Å². The molecule has 0 atom stereocenters. The zero-order chi connectivity index (χ0) is 34.3. The van der Waals surface area contributed by atoms with Gasteiger partial charge in [0, 0.05) is 0 Å². The summed E-state index contributed by atoms with van der Waals surface area (Å²) in [6, 6.07) is 0. The first kappa shape index (κ1) is 37.1. The van der Waals surface area contributed by atoms with Gasteiger partial charge in [0.15, 0.2) is 0 Å². The van der Waals surface area contributed by atoms with Gasteiger partial charge < -0.3 is 0 Å². The van der Waals surface area contributed by atoms with Gasteiger partial charge in [0.05, 0.1) is 0 Å². The van der Waals surface area contributed by atoms with Gasteiger partial charge in [0.1, 0.15) is 0 Å². The fraction of sp³-hybridized carbons (Fsp3) is 1.00. The Kier molecular flexibility index (Phi) is 7.39. The van der Waals surface area contributed by atoms with Gasteiger partial charge in [0.2, 0.25) is 0 Å². The molecule has 2 fully saturated rings. The molecule has 0 N–H and O–H groups in total. The first-order valence-corrected chi connectivity index (χ1v) is 11.6. The van der Waals surface area contributed by atoms with Crippen molar-refractivity contribution in [3.8, 4) is 0 Å². The zero-order valence-corrected chi connectivity index (χ0v) is 19.2. The summed E-state index contributed by atoms with van der Waals surface area (Å²) in [7, 11) is 0. The Balaban J connectivity index is 3.45. The first-order valence-electron chi connectivity index (χ1n) is 8.75. The van der Waals surface area contributed by atoms with Crippen molar-refractivity contribution in [1.29, 1.82) is 0 Å². The van der Waals surface area contributed by atoms with E-state index >= 15 is 0 Å². The van der Waals surface area contributed by atoms with E-state index in [4.69, 9.17) is 0 Å². The minimum absolute atomic E-state index is 2.11. The normalized spacial score (nSPS) is 27.1. The van der Waals surface area contributed by atoms with E-state index in [1.165, 1.54) is 0 Å². The van der Waals surface area contributed by atoms with E-state index in [0.29, 0.717) is 0 Å². The fourth-order valence-corrected chi connectivity index (χ4v) is 8.46. The number of alkyl halides is 24. The zero-order valence-electron chi connectivity index (χ0n) is 17.5. The summed E-state index contributed by atoms with van der Waals surface area (Å²) in [6.07, 6.45) is -68.9. The fourth-order valence-electron chi connectivity index (χ4n) is 3.90. The number of halogens is 25. The molecular formula is C12ClF24O4P. The molecule has 0 amide bonds. The summed E-state index contributed by atoms with van der Waals surface area (Å²) in [6.45, 7) is -10.7. The van der Waals surface area contributed by atoms with Crippen LogP contribution < -0.4 is 0 Å². The van der Waals surface area contributed by atoms with Crippen LogP contribution in [0.25, 0.3) is 0 Å². The topological polar surface area (TPSA) is 36.9 Å². The SMILES string of the molecule is FC(F)(F)C1(C(F)(F)F)OP2(Cl)(OC1(C(F)(F)F)C(F)(F)F)OC(C(F)(F)F)(C(F)(F)F)C(C(F)(F)F)(C(F)(F)F)O2. The third-order valence-electron chi connectivity index (χ3n) is 5.32. The molecule has 0 bridgehead atoms. The molecule has 42 heavy (non-hydrogen) atoms. The van der Waals surface area contributed by atoms with Crippen molar-refractivity contribution in [2.45, 2.75) is 71.8 Å². The second-order valence-electron chi connectivity index (χ2n) is 7.80. The molecule has 0 aromatic carbocycles. The van der Waals surface area contributed by atoms with Gasteiger partial charge in [-0.25, -0.2) is 0 Å². The molecule has 252 valence electrons. The quantitative estimate of drug-likeness (QED) is 0.184. The first-order chi connectivity index (χ1) is 17.6. The van der Waals surface area contributed by atoms with Crippen LogP contribution in [0.2, 0.25) is 0 Å². The van der Waals surface area contributed by atoms with Crippen molar-refractivity contribution < 1.29 is 123 Å². The Morgan fingerprint density at radius 1 is 0.286 bits per heavy atom.